The topological polar surface area (TPSA) is 84.5 Å². The smallest absolute Gasteiger partial charge is 0.251 e. The Balaban J connectivity index is 1.76. The second kappa shape index (κ2) is 8.15. The number of alkyl halides is 2. The van der Waals surface area contributed by atoms with E-state index >= 15 is 0 Å². The Morgan fingerprint density at radius 1 is 1.30 bits per heavy atom. The van der Waals surface area contributed by atoms with Crippen LogP contribution in [-0.4, -0.2) is 37.2 Å². The maximum absolute atomic E-state index is 12.6. The summed E-state index contributed by atoms with van der Waals surface area (Å²) >= 11 is 10.9. The van der Waals surface area contributed by atoms with Crippen LogP contribution in [0.3, 0.4) is 0 Å². The Morgan fingerprint density at radius 3 is 2.59 bits per heavy atom. The zero-order valence-corrected chi connectivity index (χ0v) is 17.7. The van der Waals surface area contributed by atoms with Crippen molar-refractivity contribution in [1.29, 1.82) is 0 Å². The molecule has 2 aliphatic carbocycles. The third-order valence-corrected chi connectivity index (χ3v) is 7.49. The highest BCUT2D eigenvalue weighted by atomic mass is 35.5. The Bertz CT molecular complexity index is 838. The van der Waals surface area contributed by atoms with Crippen LogP contribution in [0.25, 0.3) is 0 Å². The summed E-state index contributed by atoms with van der Waals surface area (Å²) < 4.78 is 30.2. The van der Waals surface area contributed by atoms with Gasteiger partial charge in [0.25, 0.3) is 5.91 Å². The van der Waals surface area contributed by atoms with E-state index in [1.807, 2.05) is 6.92 Å². The van der Waals surface area contributed by atoms with E-state index in [4.69, 9.17) is 27.9 Å². The van der Waals surface area contributed by atoms with Gasteiger partial charge in [0.1, 0.15) is 12.4 Å². The van der Waals surface area contributed by atoms with Crippen molar-refractivity contribution >= 4 is 39.1 Å². The molecule has 3 rings (SSSR count). The highest BCUT2D eigenvalue weighted by molar-refractivity contribution is 7.92. The van der Waals surface area contributed by atoms with Gasteiger partial charge in [-0.1, -0.05) is 23.2 Å². The number of hydrogen-bond acceptors (Lipinski definition) is 4. The molecule has 0 aromatic heterocycles. The second-order valence-electron chi connectivity index (χ2n) is 7.24. The molecule has 2 aliphatic rings. The molecule has 1 amide bonds. The van der Waals surface area contributed by atoms with Crippen LogP contribution in [0, 0.1) is 6.92 Å². The van der Waals surface area contributed by atoms with Gasteiger partial charge in [0.15, 0.2) is 0 Å². The summed E-state index contributed by atoms with van der Waals surface area (Å²) in [6.45, 7) is 3.74. The summed E-state index contributed by atoms with van der Waals surface area (Å²) in [4.78, 5) is 12.6. The van der Waals surface area contributed by atoms with Crippen LogP contribution >= 0.6 is 23.2 Å². The van der Waals surface area contributed by atoms with Crippen LogP contribution < -0.4 is 14.8 Å². The van der Waals surface area contributed by atoms with Gasteiger partial charge in [0, 0.05) is 11.6 Å². The van der Waals surface area contributed by atoms with E-state index in [2.05, 4.69) is 10.0 Å². The Kier molecular flexibility index (Phi) is 6.25. The molecule has 9 heteroatoms. The fourth-order valence-electron chi connectivity index (χ4n) is 3.35. The second-order valence-corrected chi connectivity index (χ2v) is 10.7. The van der Waals surface area contributed by atoms with Crippen LogP contribution in [0.1, 0.15) is 53.2 Å². The number of amides is 1. The average Bonchev–Trinajstić information content (AvgIpc) is 3.25. The van der Waals surface area contributed by atoms with Gasteiger partial charge in [-0.3, -0.25) is 4.79 Å². The standard InChI is InChI=1S/C18H24Cl2N2O4S/c1-10(22-27(24,25)18(19)20)9-26-16-8-15(17(23)21-12-6-7-12)14-5-3-4-13(14)11(16)2/h8,10,12,18,22H,3-7,9H2,1-2H3,(H,21,23). The molecule has 0 radical (unpaired) electrons. The van der Waals surface area contributed by atoms with E-state index in [0.717, 1.165) is 43.2 Å². The Morgan fingerprint density at radius 2 is 1.96 bits per heavy atom. The fraction of sp³-hybridized carbons (Fsp3) is 0.611. The zero-order valence-electron chi connectivity index (χ0n) is 15.3. The lowest BCUT2D eigenvalue weighted by Gasteiger charge is -2.19. The van der Waals surface area contributed by atoms with E-state index in [9.17, 15) is 13.2 Å². The van der Waals surface area contributed by atoms with Gasteiger partial charge < -0.3 is 10.1 Å². The van der Waals surface area contributed by atoms with Crippen LogP contribution in [0.2, 0.25) is 0 Å². The maximum atomic E-state index is 12.6. The molecule has 1 saturated carbocycles. The molecule has 0 heterocycles. The molecule has 1 atom stereocenters. The molecular formula is C18H24Cl2N2O4S. The van der Waals surface area contributed by atoms with Gasteiger partial charge in [-0.2, -0.15) is 0 Å². The molecule has 2 N–H and O–H groups in total. The molecule has 1 unspecified atom stereocenters. The lowest BCUT2D eigenvalue weighted by molar-refractivity contribution is 0.0949. The first-order valence-corrected chi connectivity index (χ1v) is 11.5. The SMILES string of the molecule is Cc1c(OCC(C)NS(=O)(=O)C(Cl)Cl)cc(C(=O)NC2CC2)c2c1CCC2. The minimum atomic E-state index is -3.81. The Labute approximate surface area is 170 Å². The zero-order chi connectivity index (χ0) is 19.8. The third kappa shape index (κ3) is 4.88. The van der Waals surface area contributed by atoms with Gasteiger partial charge in [-0.05, 0) is 68.7 Å². The Hall–Kier alpha value is -1.02. The van der Waals surface area contributed by atoms with Crippen molar-refractivity contribution in [1.82, 2.24) is 10.0 Å². The largest absolute Gasteiger partial charge is 0.492 e. The lowest BCUT2D eigenvalue weighted by atomic mass is 9.97. The number of benzene rings is 1. The number of rotatable bonds is 8. The molecule has 1 fully saturated rings. The molecule has 1 aromatic rings. The lowest BCUT2D eigenvalue weighted by Crippen LogP contribution is -2.39. The van der Waals surface area contributed by atoms with E-state index in [0.29, 0.717) is 11.3 Å². The van der Waals surface area contributed by atoms with E-state index in [1.54, 1.807) is 13.0 Å². The summed E-state index contributed by atoms with van der Waals surface area (Å²) in [5.41, 5.74) is 3.96. The van der Waals surface area contributed by atoms with Crippen molar-refractivity contribution in [2.75, 3.05) is 6.61 Å². The number of nitrogens with one attached hydrogen (secondary N) is 2. The molecule has 1 aromatic carbocycles. The predicted octanol–water partition coefficient (Wildman–Crippen LogP) is 2.82. The predicted molar refractivity (Wildman–Crippen MR) is 106 cm³/mol. The van der Waals surface area contributed by atoms with Gasteiger partial charge in [0.05, 0.1) is 6.04 Å². The number of carbonyl (C=O) groups is 1. The third-order valence-electron chi connectivity index (χ3n) is 4.89. The molecule has 0 saturated heterocycles. The van der Waals surface area contributed by atoms with E-state index in [1.165, 1.54) is 5.56 Å². The first-order chi connectivity index (χ1) is 12.7. The van der Waals surface area contributed by atoms with Crippen LogP contribution in [-0.2, 0) is 22.9 Å². The number of ether oxygens (including phenoxy) is 1. The van der Waals surface area contributed by atoms with Crippen molar-refractivity contribution in [2.45, 2.75) is 62.2 Å². The molecule has 6 nitrogen and oxygen atoms in total. The number of hydrogen-bond donors (Lipinski definition) is 2. The minimum Gasteiger partial charge on any atom is -0.492 e. The van der Waals surface area contributed by atoms with Crippen molar-refractivity contribution < 1.29 is 17.9 Å². The van der Waals surface area contributed by atoms with Gasteiger partial charge in [-0.25, -0.2) is 13.1 Å². The van der Waals surface area contributed by atoms with Crippen molar-refractivity contribution in [3.63, 3.8) is 0 Å². The maximum Gasteiger partial charge on any atom is 0.251 e. The summed E-state index contributed by atoms with van der Waals surface area (Å²) in [5.74, 6) is 0.553. The quantitative estimate of drug-likeness (QED) is 0.615. The number of halogens is 2. The van der Waals surface area contributed by atoms with Crippen molar-refractivity contribution in [3.8, 4) is 5.75 Å². The van der Waals surface area contributed by atoms with Gasteiger partial charge >= 0.3 is 0 Å². The van der Waals surface area contributed by atoms with Gasteiger partial charge in [-0.15, -0.1) is 0 Å². The van der Waals surface area contributed by atoms with Crippen LogP contribution in [0.15, 0.2) is 6.07 Å². The molecule has 0 spiro atoms. The first kappa shape index (κ1) is 20.7. The highest BCUT2D eigenvalue weighted by Gasteiger charge is 2.29. The molecule has 150 valence electrons. The molecular weight excluding hydrogens is 411 g/mol. The van der Waals surface area contributed by atoms with E-state index < -0.39 is 20.2 Å². The monoisotopic (exact) mass is 434 g/mol. The summed E-state index contributed by atoms with van der Waals surface area (Å²) in [6.07, 6.45) is 4.90. The fourth-order valence-corrected chi connectivity index (χ4v) is 4.39. The molecule has 27 heavy (non-hydrogen) atoms. The highest BCUT2D eigenvalue weighted by Crippen LogP contribution is 2.35. The first-order valence-electron chi connectivity index (χ1n) is 9.07. The summed E-state index contributed by atoms with van der Waals surface area (Å²) in [5, 5.41) is 3.04. The summed E-state index contributed by atoms with van der Waals surface area (Å²) in [7, 11) is -3.81. The number of carbonyl (C=O) groups excluding carboxylic acids is 1. The minimum absolute atomic E-state index is 0.0543. The number of sulfonamides is 1. The number of fused-ring (bicyclic) bond motifs is 1. The normalized spacial score (nSPS) is 17.7. The van der Waals surface area contributed by atoms with Crippen LogP contribution in [0.4, 0.5) is 0 Å². The van der Waals surface area contributed by atoms with Crippen molar-refractivity contribution in [2.24, 2.45) is 0 Å². The molecule has 0 bridgehead atoms. The molecule has 0 aliphatic heterocycles. The van der Waals surface area contributed by atoms with Crippen molar-refractivity contribution in [3.05, 3.63) is 28.3 Å². The van der Waals surface area contributed by atoms with Crippen LogP contribution in [0.5, 0.6) is 5.75 Å². The summed E-state index contributed by atoms with van der Waals surface area (Å²) in [6, 6.07) is 1.55. The van der Waals surface area contributed by atoms with E-state index in [-0.39, 0.29) is 18.6 Å². The average molecular weight is 435 g/mol. The van der Waals surface area contributed by atoms with Gasteiger partial charge in [0.2, 0.25) is 14.2 Å².